The number of hydrogen-bond acceptors (Lipinski definition) is 5. The fourth-order valence-corrected chi connectivity index (χ4v) is 2.57. The van der Waals surface area contributed by atoms with E-state index in [1.54, 1.807) is 43.5 Å². The van der Waals surface area contributed by atoms with Crippen molar-refractivity contribution >= 4 is 35.0 Å². The molecule has 0 heterocycles. The summed E-state index contributed by atoms with van der Waals surface area (Å²) in [6.07, 6.45) is 0.710. The van der Waals surface area contributed by atoms with Crippen molar-refractivity contribution < 1.29 is 23.8 Å². The number of halogens is 2. The standard InChI is InChI=1S/C19H18Cl2O5/c1-24-15-7-4-13(5-8-15)17(22)3-2-10-25-19(23)12-26-18-9-6-14(20)11-16(18)21/h4-9,11H,2-3,10,12H2,1H3. The van der Waals surface area contributed by atoms with Crippen LogP contribution in [0.3, 0.4) is 0 Å². The lowest BCUT2D eigenvalue weighted by Gasteiger charge is -2.08. The second-order valence-corrected chi connectivity index (χ2v) is 6.18. The molecule has 2 rings (SSSR count). The van der Waals surface area contributed by atoms with Crippen LogP contribution in [0.15, 0.2) is 42.5 Å². The van der Waals surface area contributed by atoms with E-state index in [1.807, 2.05) is 0 Å². The zero-order valence-corrected chi connectivity index (χ0v) is 15.7. The third-order valence-corrected chi connectivity index (χ3v) is 3.99. The number of rotatable bonds is 9. The highest BCUT2D eigenvalue weighted by Crippen LogP contribution is 2.27. The largest absolute Gasteiger partial charge is 0.497 e. The fourth-order valence-electron chi connectivity index (χ4n) is 2.11. The Labute approximate surface area is 161 Å². The molecule has 0 atom stereocenters. The second-order valence-electron chi connectivity index (χ2n) is 5.34. The lowest BCUT2D eigenvalue weighted by Crippen LogP contribution is -2.16. The van der Waals surface area contributed by atoms with Crippen molar-refractivity contribution in [3.8, 4) is 11.5 Å². The molecule has 0 aliphatic carbocycles. The van der Waals surface area contributed by atoms with E-state index in [4.69, 9.17) is 37.4 Å². The van der Waals surface area contributed by atoms with Gasteiger partial charge in [-0.1, -0.05) is 23.2 Å². The SMILES string of the molecule is COc1ccc(C(=O)CCCOC(=O)COc2ccc(Cl)cc2Cl)cc1. The van der Waals surface area contributed by atoms with Gasteiger partial charge in [-0.25, -0.2) is 4.79 Å². The van der Waals surface area contributed by atoms with Gasteiger partial charge in [-0.15, -0.1) is 0 Å². The molecule has 0 aliphatic heterocycles. The van der Waals surface area contributed by atoms with Crippen molar-refractivity contribution in [2.24, 2.45) is 0 Å². The number of carbonyl (C=O) groups is 2. The molecule has 0 aliphatic rings. The number of methoxy groups -OCH3 is 1. The summed E-state index contributed by atoms with van der Waals surface area (Å²) in [6.45, 7) is -0.133. The molecule has 0 radical (unpaired) electrons. The summed E-state index contributed by atoms with van der Waals surface area (Å²) in [5.41, 5.74) is 0.595. The zero-order chi connectivity index (χ0) is 18.9. The van der Waals surface area contributed by atoms with Crippen LogP contribution in [0.25, 0.3) is 0 Å². The Kier molecular flexibility index (Phi) is 7.75. The third-order valence-electron chi connectivity index (χ3n) is 3.46. The number of hydrogen-bond donors (Lipinski definition) is 0. The molecule has 0 unspecified atom stereocenters. The first-order valence-corrected chi connectivity index (χ1v) is 8.66. The minimum atomic E-state index is -0.534. The lowest BCUT2D eigenvalue weighted by molar-refractivity contribution is -0.146. The molecule has 0 amide bonds. The van der Waals surface area contributed by atoms with Gasteiger partial charge >= 0.3 is 5.97 Å². The van der Waals surface area contributed by atoms with E-state index in [-0.39, 0.29) is 25.4 Å². The van der Waals surface area contributed by atoms with Crippen LogP contribution < -0.4 is 9.47 Å². The summed E-state index contributed by atoms with van der Waals surface area (Å²) in [5, 5.41) is 0.793. The Hall–Kier alpha value is -2.24. The van der Waals surface area contributed by atoms with Crippen LogP contribution in [0, 0.1) is 0 Å². The van der Waals surface area contributed by atoms with Crippen LogP contribution in [0.4, 0.5) is 0 Å². The molecular weight excluding hydrogens is 379 g/mol. The second kappa shape index (κ2) is 10.0. The molecule has 0 saturated carbocycles. The van der Waals surface area contributed by atoms with Crippen molar-refractivity contribution in [2.75, 3.05) is 20.3 Å². The highest BCUT2D eigenvalue weighted by atomic mass is 35.5. The maximum Gasteiger partial charge on any atom is 0.344 e. The van der Waals surface area contributed by atoms with Crippen LogP contribution in [0.2, 0.25) is 10.0 Å². The summed E-state index contributed by atoms with van der Waals surface area (Å²) in [4.78, 5) is 23.7. The number of ketones is 1. The lowest BCUT2D eigenvalue weighted by atomic mass is 10.1. The van der Waals surface area contributed by atoms with Crippen LogP contribution in [0.5, 0.6) is 11.5 Å². The summed E-state index contributed by atoms with van der Waals surface area (Å²) in [6, 6.07) is 11.6. The van der Waals surface area contributed by atoms with Crippen molar-refractivity contribution in [2.45, 2.75) is 12.8 Å². The van der Waals surface area contributed by atoms with Gasteiger partial charge in [-0.2, -0.15) is 0 Å². The fraction of sp³-hybridized carbons (Fsp3) is 0.263. The first-order valence-electron chi connectivity index (χ1n) is 7.90. The summed E-state index contributed by atoms with van der Waals surface area (Å²) in [5.74, 6) is 0.486. The molecule has 5 nitrogen and oxygen atoms in total. The topological polar surface area (TPSA) is 61.8 Å². The van der Waals surface area contributed by atoms with Gasteiger partial charge in [0.25, 0.3) is 0 Å². The van der Waals surface area contributed by atoms with Crippen molar-refractivity contribution in [1.82, 2.24) is 0 Å². The summed E-state index contributed by atoms with van der Waals surface area (Å²) in [7, 11) is 1.57. The molecule has 2 aromatic carbocycles. The normalized spacial score (nSPS) is 10.3. The smallest absolute Gasteiger partial charge is 0.344 e. The molecule has 138 valence electrons. The van der Waals surface area contributed by atoms with E-state index in [9.17, 15) is 9.59 Å². The third kappa shape index (κ3) is 6.24. The van der Waals surface area contributed by atoms with E-state index >= 15 is 0 Å². The molecule has 0 N–H and O–H groups in total. The average Bonchev–Trinajstić information content (AvgIpc) is 2.64. The predicted octanol–water partition coefficient (Wildman–Crippen LogP) is 4.59. The quantitative estimate of drug-likeness (QED) is 0.352. The molecule has 0 saturated heterocycles. The molecule has 7 heteroatoms. The van der Waals surface area contributed by atoms with Gasteiger partial charge in [-0.05, 0) is 48.9 Å². The van der Waals surface area contributed by atoms with E-state index in [0.29, 0.717) is 33.5 Å². The van der Waals surface area contributed by atoms with Crippen LogP contribution >= 0.6 is 23.2 Å². The maximum atomic E-state index is 12.0. The Morgan fingerprint density at radius 3 is 2.42 bits per heavy atom. The maximum absolute atomic E-state index is 12.0. The predicted molar refractivity (Wildman–Crippen MR) is 99.5 cm³/mol. The van der Waals surface area contributed by atoms with Crippen LogP contribution in [-0.4, -0.2) is 32.1 Å². The van der Waals surface area contributed by atoms with E-state index in [2.05, 4.69) is 0 Å². The Balaban J connectivity index is 1.67. The number of carbonyl (C=O) groups excluding carboxylic acids is 2. The monoisotopic (exact) mass is 396 g/mol. The number of Topliss-reactive ketones (excluding diaryl/α,β-unsaturated/α-hetero) is 1. The molecular formula is C19H18Cl2O5. The van der Waals surface area contributed by atoms with Gasteiger partial charge in [0.05, 0.1) is 18.7 Å². The van der Waals surface area contributed by atoms with Crippen LogP contribution in [0.1, 0.15) is 23.2 Å². The summed E-state index contributed by atoms with van der Waals surface area (Å²) >= 11 is 11.7. The van der Waals surface area contributed by atoms with Gasteiger partial charge in [0.2, 0.25) is 0 Å². The molecule has 0 spiro atoms. The minimum Gasteiger partial charge on any atom is -0.497 e. The van der Waals surface area contributed by atoms with E-state index < -0.39 is 5.97 Å². The minimum absolute atomic E-state index is 0.0205. The number of benzene rings is 2. The van der Waals surface area contributed by atoms with Gasteiger partial charge in [0.15, 0.2) is 12.4 Å². The van der Waals surface area contributed by atoms with Gasteiger partial charge in [-0.3, -0.25) is 4.79 Å². The van der Waals surface area contributed by atoms with Crippen molar-refractivity contribution in [3.05, 3.63) is 58.1 Å². The molecule has 2 aromatic rings. The highest BCUT2D eigenvalue weighted by molar-refractivity contribution is 6.35. The molecule has 0 fully saturated rings. The Bertz CT molecular complexity index is 759. The number of ether oxygens (including phenoxy) is 3. The van der Waals surface area contributed by atoms with E-state index in [1.165, 1.54) is 6.07 Å². The summed E-state index contributed by atoms with van der Waals surface area (Å²) < 4.78 is 15.4. The zero-order valence-electron chi connectivity index (χ0n) is 14.2. The van der Waals surface area contributed by atoms with Gasteiger partial charge in [0.1, 0.15) is 11.5 Å². The van der Waals surface area contributed by atoms with Gasteiger partial charge < -0.3 is 14.2 Å². The highest BCUT2D eigenvalue weighted by Gasteiger charge is 2.09. The molecule has 0 bridgehead atoms. The van der Waals surface area contributed by atoms with Crippen LogP contribution in [-0.2, 0) is 9.53 Å². The average molecular weight is 397 g/mol. The van der Waals surface area contributed by atoms with Crippen molar-refractivity contribution in [1.29, 1.82) is 0 Å². The molecule has 0 aromatic heterocycles. The van der Waals surface area contributed by atoms with E-state index in [0.717, 1.165) is 0 Å². The first-order chi connectivity index (χ1) is 12.5. The Morgan fingerprint density at radius 2 is 1.77 bits per heavy atom. The first kappa shape index (κ1) is 20.1. The Morgan fingerprint density at radius 1 is 1.04 bits per heavy atom. The van der Waals surface area contributed by atoms with Gasteiger partial charge in [0, 0.05) is 17.0 Å². The van der Waals surface area contributed by atoms with Crippen molar-refractivity contribution in [3.63, 3.8) is 0 Å². The number of esters is 1. The molecule has 26 heavy (non-hydrogen) atoms.